The molecule has 0 unspecified atom stereocenters. The zero-order valence-corrected chi connectivity index (χ0v) is 27.8. The van der Waals surface area contributed by atoms with Gasteiger partial charge in [0, 0.05) is 32.9 Å². The van der Waals surface area contributed by atoms with Gasteiger partial charge in [0.15, 0.2) is 5.82 Å². The molecular formula is C47H32N2O. The van der Waals surface area contributed by atoms with Gasteiger partial charge in [-0.05, 0) is 74.5 Å². The van der Waals surface area contributed by atoms with Crippen LogP contribution < -0.4 is 0 Å². The Morgan fingerprint density at radius 2 is 1.06 bits per heavy atom. The molecule has 1 aliphatic rings. The van der Waals surface area contributed by atoms with Crippen molar-refractivity contribution in [3.63, 3.8) is 0 Å². The Hall–Kier alpha value is -6.32. The summed E-state index contributed by atoms with van der Waals surface area (Å²) in [6.45, 7) is 4.65. The highest BCUT2D eigenvalue weighted by Gasteiger charge is 2.35. The number of furan rings is 1. The van der Waals surface area contributed by atoms with Crippen LogP contribution in [0.4, 0.5) is 0 Å². The molecule has 3 heteroatoms. The Morgan fingerprint density at radius 3 is 1.92 bits per heavy atom. The monoisotopic (exact) mass is 640 g/mol. The number of rotatable bonds is 4. The van der Waals surface area contributed by atoms with Gasteiger partial charge in [-0.2, -0.15) is 0 Å². The average Bonchev–Trinajstić information content (AvgIpc) is 3.66. The molecule has 0 aliphatic heterocycles. The third kappa shape index (κ3) is 4.30. The molecule has 2 heterocycles. The maximum atomic E-state index is 6.47. The second-order valence-electron chi connectivity index (χ2n) is 13.7. The second kappa shape index (κ2) is 10.8. The molecule has 0 bridgehead atoms. The van der Waals surface area contributed by atoms with Gasteiger partial charge in [0.05, 0.1) is 11.4 Å². The van der Waals surface area contributed by atoms with Crippen molar-refractivity contribution < 1.29 is 4.42 Å². The van der Waals surface area contributed by atoms with Crippen molar-refractivity contribution in [3.8, 4) is 56.2 Å². The molecule has 0 saturated heterocycles. The Labute approximate surface area is 290 Å². The van der Waals surface area contributed by atoms with Crippen LogP contribution in [-0.2, 0) is 5.41 Å². The number of nitrogens with zero attached hydrogens (tertiary/aromatic N) is 2. The maximum absolute atomic E-state index is 6.47. The highest BCUT2D eigenvalue weighted by atomic mass is 16.3. The highest BCUT2D eigenvalue weighted by Crippen LogP contribution is 2.50. The van der Waals surface area contributed by atoms with Crippen LogP contribution in [0.15, 0.2) is 162 Å². The normalized spacial score (nSPS) is 13.2. The quantitative estimate of drug-likeness (QED) is 0.192. The predicted octanol–water partition coefficient (Wildman–Crippen LogP) is 12.5. The van der Waals surface area contributed by atoms with E-state index >= 15 is 0 Å². The summed E-state index contributed by atoms with van der Waals surface area (Å²) in [7, 11) is 0. The first kappa shape index (κ1) is 28.7. The first-order chi connectivity index (χ1) is 24.5. The van der Waals surface area contributed by atoms with Crippen molar-refractivity contribution in [3.05, 3.63) is 169 Å². The lowest BCUT2D eigenvalue weighted by Crippen LogP contribution is -2.14. The molecule has 1 aliphatic carbocycles. The molecule has 3 nitrogen and oxygen atoms in total. The fourth-order valence-corrected chi connectivity index (χ4v) is 8.04. The first-order valence-electron chi connectivity index (χ1n) is 17.2. The first-order valence-corrected chi connectivity index (χ1v) is 17.2. The molecule has 50 heavy (non-hydrogen) atoms. The highest BCUT2D eigenvalue weighted by molar-refractivity contribution is 6.10. The molecule has 10 rings (SSSR count). The van der Waals surface area contributed by atoms with Gasteiger partial charge in [0.25, 0.3) is 0 Å². The van der Waals surface area contributed by atoms with E-state index in [0.29, 0.717) is 5.82 Å². The van der Waals surface area contributed by atoms with E-state index in [9.17, 15) is 0 Å². The number of benzene rings is 7. The lowest BCUT2D eigenvalue weighted by atomic mass is 9.82. The molecule has 236 valence electrons. The summed E-state index contributed by atoms with van der Waals surface area (Å²) >= 11 is 0. The molecule has 2 aromatic heterocycles. The van der Waals surface area contributed by atoms with Crippen LogP contribution in [0, 0.1) is 0 Å². The minimum Gasteiger partial charge on any atom is -0.455 e. The molecule has 0 radical (unpaired) electrons. The standard InChI is InChI=1S/C47H32N2O/c1-47(2)40-21-10-8-17-34(40)39-27-30(23-26-41(39)47)31-24-25-37(33-16-7-6-15-32(31)33)46-48-42(29-13-4-3-5-14-29)28-43(49-46)38-20-12-19-36-35-18-9-11-22-44(35)50-45(36)38/h3-28H,1-2H3. The van der Waals surface area contributed by atoms with Gasteiger partial charge in [-0.3, -0.25) is 0 Å². The van der Waals surface area contributed by atoms with E-state index in [1.54, 1.807) is 0 Å². The fraction of sp³-hybridized carbons (Fsp3) is 0.0638. The van der Waals surface area contributed by atoms with Crippen LogP contribution in [-0.4, -0.2) is 9.97 Å². The summed E-state index contributed by atoms with van der Waals surface area (Å²) < 4.78 is 6.47. The number of para-hydroxylation sites is 2. The Kier molecular flexibility index (Phi) is 6.22. The molecule has 0 saturated carbocycles. The zero-order valence-electron chi connectivity index (χ0n) is 27.8. The Bertz CT molecular complexity index is 2790. The summed E-state index contributed by atoms with van der Waals surface area (Å²) in [4.78, 5) is 10.5. The fourth-order valence-electron chi connectivity index (χ4n) is 8.04. The SMILES string of the molecule is CC1(C)c2ccccc2-c2cc(-c3ccc(-c4nc(-c5ccccc5)cc(-c5cccc6c5oc5ccccc56)n4)c4ccccc34)ccc21. The second-order valence-corrected chi connectivity index (χ2v) is 13.7. The maximum Gasteiger partial charge on any atom is 0.161 e. The summed E-state index contributed by atoms with van der Waals surface area (Å²) in [5.74, 6) is 0.682. The lowest BCUT2D eigenvalue weighted by Gasteiger charge is -2.21. The van der Waals surface area contributed by atoms with Crippen LogP contribution in [0.5, 0.6) is 0 Å². The van der Waals surface area contributed by atoms with Crippen LogP contribution in [0.25, 0.3) is 88.9 Å². The Balaban J connectivity index is 1.17. The van der Waals surface area contributed by atoms with Crippen molar-refractivity contribution >= 4 is 32.7 Å². The van der Waals surface area contributed by atoms with Gasteiger partial charge in [0.2, 0.25) is 0 Å². The summed E-state index contributed by atoms with van der Waals surface area (Å²) in [6, 6.07) is 55.8. The largest absolute Gasteiger partial charge is 0.455 e. The molecule has 0 spiro atoms. The molecule has 9 aromatic rings. The third-order valence-electron chi connectivity index (χ3n) is 10.5. The minimum absolute atomic E-state index is 0.0259. The smallest absolute Gasteiger partial charge is 0.161 e. The lowest BCUT2D eigenvalue weighted by molar-refractivity contribution is 0.660. The molecule has 0 fully saturated rings. The molecule has 0 N–H and O–H groups in total. The molecular weight excluding hydrogens is 609 g/mol. The third-order valence-corrected chi connectivity index (χ3v) is 10.5. The van der Waals surface area contributed by atoms with E-state index in [1.807, 2.05) is 18.2 Å². The van der Waals surface area contributed by atoms with E-state index in [-0.39, 0.29) is 5.41 Å². The van der Waals surface area contributed by atoms with Gasteiger partial charge < -0.3 is 4.42 Å². The number of fused-ring (bicyclic) bond motifs is 7. The van der Waals surface area contributed by atoms with Gasteiger partial charge in [-0.25, -0.2) is 9.97 Å². The van der Waals surface area contributed by atoms with E-state index in [0.717, 1.165) is 55.4 Å². The van der Waals surface area contributed by atoms with Crippen molar-refractivity contribution in [2.75, 3.05) is 0 Å². The molecule has 0 amide bonds. The van der Waals surface area contributed by atoms with E-state index < -0.39 is 0 Å². The van der Waals surface area contributed by atoms with Crippen molar-refractivity contribution in [1.82, 2.24) is 9.97 Å². The number of aromatic nitrogens is 2. The molecule has 0 atom stereocenters. The van der Waals surface area contributed by atoms with Crippen molar-refractivity contribution in [1.29, 1.82) is 0 Å². The summed E-state index contributed by atoms with van der Waals surface area (Å²) in [5.41, 5.74) is 14.2. The van der Waals surface area contributed by atoms with Crippen LogP contribution in [0.1, 0.15) is 25.0 Å². The van der Waals surface area contributed by atoms with Crippen molar-refractivity contribution in [2.45, 2.75) is 19.3 Å². The van der Waals surface area contributed by atoms with Gasteiger partial charge >= 0.3 is 0 Å². The van der Waals surface area contributed by atoms with Gasteiger partial charge in [-0.1, -0.05) is 141 Å². The topological polar surface area (TPSA) is 38.9 Å². The van der Waals surface area contributed by atoms with E-state index in [1.165, 1.54) is 38.8 Å². The zero-order chi connectivity index (χ0) is 33.4. The molecule has 7 aromatic carbocycles. The Morgan fingerprint density at radius 1 is 0.420 bits per heavy atom. The van der Waals surface area contributed by atoms with E-state index in [2.05, 4.69) is 153 Å². The van der Waals surface area contributed by atoms with Crippen LogP contribution >= 0.6 is 0 Å². The average molecular weight is 641 g/mol. The minimum atomic E-state index is -0.0259. The van der Waals surface area contributed by atoms with Gasteiger partial charge in [-0.15, -0.1) is 0 Å². The number of hydrogen-bond donors (Lipinski definition) is 0. The van der Waals surface area contributed by atoms with Crippen molar-refractivity contribution in [2.24, 2.45) is 0 Å². The number of hydrogen-bond acceptors (Lipinski definition) is 3. The summed E-state index contributed by atoms with van der Waals surface area (Å²) in [5, 5.41) is 4.46. The van der Waals surface area contributed by atoms with Gasteiger partial charge in [0.1, 0.15) is 11.2 Å². The summed E-state index contributed by atoms with van der Waals surface area (Å²) in [6.07, 6.45) is 0. The van der Waals surface area contributed by atoms with E-state index in [4.69, 9.17) is 14.4 Å². The predicted molar refractivity (Wildman–Crippen MR) is 206 cm³/mol. The van der Waals surface area contributed by atoms with Crippen LogP contribution in [0.2, 0.25) is 0 Å². The van der Waals surface area contributed by atoms with Crippen LogP contribution in [0.3, 0.4) is 0 Å².